The number of para-hydroxylation sites is 1. The molecule has 1 aromatic carbocycles. The first kappa shape index (κ1) is 10.9. The second-order valence-corrected chi connectivity index (χ2v) is 3.88. The van der Waals surface area contributed by atoms with Gasteiger partial charge in [0.2, 0.25) is 0 Å². The van der Waals surface area contributed by atoms with E-state index in [0.29, 0.717) is 18.7 Å². The second kappa shape index (κ2) is 4.49. The van der Waals surface area contributed by atoms with Gasteiger partial charge in [-0.15, -0.1) is 0 Å². The summed E-state index contributed by atoms with van der Waals surface area (Å²) in [6, 6.07) is 7.73. The van der Waals surface area contributed by atoms with Gasteiger partial charge in [0.25, 0.3) is 0 Å². The SMILES string of the molecule is CNCCC(=O)c1cc2cccc(C)c2o1. The Labute approximate surface area is 94.4 Å². The zero-order valence-electron chi connectivity index (χ0n) is 9.54. The van der Waals surface area contributed by atoms with Crippen LogP contribution in [0.25, 0.3) is 11.0 Å². The first-order valence-electron chi connectivity index (χ1n) is 5.39. The first-order chi connectivity index (χ1) is 7.72. The van der Waals surface area contributed by atoms with Crippen molar-refractivity contribution in [1.29, 1.82) is 0 Å². The summed E-state index contributed by atoms with van der Waals surface area (Å²) < 4.78 is 5.58. The average Bonchev–Trinajstić information content (AvgIpc) is 2.71. The fraction of sp³-hybridized carbons (Fsp3) is 0.308. The molecule has 0 atom stereocenters. The molecule has 84 valence electrons. The molecular weight excluding hydrogens is 202 g/mol. The van der Waals surface area contributed by atoms with Crippen LogP contribution in [0, 0.1) is 6.92 Å². The molecule has 2 aromatic rings. The average molecular weight is 217 g/mol. The fourth-order valence-electron chi connectivity index (χ4n) is 1.71. The van der Waals surface area contributed by atoms with Crippen molar-refractivity contribution in [3.05, 3.63) is 35.6 Å². The van der Waals surface area contributed by atoms with E-state index in [2.05, 4.69) is 5.32 Å². The Morgan fingerprint density at radius 1 is 1.44 bits per heavy atom. The molecule has 16 heavy (non-hydrogen) atoms. The molecule has 0 fully saturated rings. The van der Waals surface area contributed by atoms with Crippen molar-refractivity contribution in [2.75, 3.05) is 13.6 Å². The third-order valence-electron chi connectivity index (χ3n) is 2.62. The van der Waals surface area contributed by atoms with Crippen molar-refractivity contribution in [1.82, 2.24) is 5.32 Å². The number of Topliss-reactive ketones (excluding diaryl/α,β-unsaturated/α-hetero) is 1. The van der Waals surface area contributed by atoms with Gasteiger partial charge in [0.1, 0.15) is 5.58 Å². The van der Waals surface area contributed by atoms with E-state index in [9.17, 15) is 4.79 Å². The van der Waals surface area contributed by atoms with E-state index in [-0.39, 0.29) is 5.78 Å². The van der Waals surface area contributed by atoms with E-state index >= 15 is 0 Å². The van der Waals surface area contributed by atoms with E-state index < -0.39 is 0 Å². The van der Waals surface area contributed by atoms with Crippen LogP contribution in [0.3, 0.4) is 0 Å². The van der Waals surface area contributed by atoms with Gasteiger partial charge < -0.3 is 9.73 Å². The van der Waals surface area contributed by atoms with Crippen LogP contribution in [0.15, 0.2) is 28.7 Å². The molecule has 0 saturated heterocycles. The summed E-state index contributed by atoms with van der Waals surface area (Å²) in [5.41, 5.74) is 1.88. The molecule has 0 aliphatic heterocycles. The third kappa shape index (κ3) is 1.99. The first-order valence-corrected chi connectivity index (χ1v) is 5.39. The number of carbonyl (C=O) groups is 1. The molecule has 0 unspecified atom stereocenters. The molecule has 3 heteroatoms. The minimum Gasteiger partial charge on any atom is -0.453 e. The van der Waals surface area contributed by atoms with Gasteiger partial charge in [0, 0.05) is 18.4 Å². The van der Waals surface area contributed by atoms with Crippen molar-refractivity contribution in [2.45, 2.75) is 13.3 Å². The van der Waals surface area contributed by atoms with Crippen LogP contribution in [0.5, 0.6) is 0 Å². The lowest BCUT2D eigenvalue weighted by molar-refractivity contribution is 0.0958. The van der Waals surface area contributed by atoms with E-state index in [1.54, 1.807) is 0 Å². The molecule has 0 bridgehead atoms. The highest BCUT2D eigenvalue weighted by atomic mass is 16.3. The Bertz CT molecular complexity index is 514. The number of fused-ring (bicyclic) bond motifs is 1. The van der Waals surface area contributed by atoms with Gasteiger partial charge >= 0.3 is 0 Å². The maximum Gasteiger partial charge on any atom is 0.199 e. The van der Waals surface area contributed by atoms with Crippen LogP contribution in [0.1, 0.15) is 22.5 Å². The number of furan rings is 1. The number of hydrogen-bond acceptors (Lipinski definition) is 3. The van der Waals surface area contributed by atoms with Crippen molar-refractivity contribution < 1.29 is 9.21 Å². The minimum absolute atomic E-state index is 0.0463. The standard InChI is InChI=1S/C13H15NO2/c1-9-4-3-5-10-8-12(16-13(9)10)11(15)6-7-14-2/h3-5,8,14H,6-7H2,1-2H3. The molecule has 0 amide bonds. The smallest absolute Gasteiger partial charge is 0.199 e. The van der Waals surface area contributed by atoms with E-state index in [0.717, 1.165) is 16.5 Å². The summed E-state index contributed by atoms with van der Waals surface area (Å²) in [6.07, 6.45) is 0.468. The summed E-state index contributed by atoms with van der Waals surface area (Å²) >= 11 is 0. The minimum atomic E-state index is 0.0463. The zero-order chi connectivity index (χ0) is 11.5. The number of benzene rings is 1. The van der Waals surface area contributed by atoms with E-state index in [1.165, 1.54) is 0 Å². The Balaban J connectivity index is 2.32. The Hall–Kier alpha value is -1.61. The quantitative estimate of drug-likeness (QED) is 0.800. The van der Waals surface area contributed by atoms with Crippen LogP contribution in [0.4, 0.5) is 0 Å². The summed E-state index contributed by atoms with van der Waals surface area (Å²) in [5.74, 6) is 0.504. The van der Waals surface area contributed by atoms with Crippen LogP contribution in [0.2, 0.25) is 0 Å². The number of aryl methyl sites for hydroxylation is 1. The van der Waals surface area contributed by atoms with Crippen molar-refractivity contribution in [3.8, 4) is 0 Å². The van der Waals surface area contributed by atoms with Gasteiger partial charge in [-0.2, -0.15) is 0 Å². The molecule has 0 radical (unpaired) electrons. The van der Waals surface area contributed by atoms with E-state index in [1.807, 2.05) is 38.2 Å². The number of ketones is 1. The second-order valence-electron chi connectivity index (χ2n) is 3.88. The van der Waals surface area contributed by atoms with Gasteiger partial charge in [-0.1, -0.05) is 18.2 Å². The third-order valence-corrected chi connectivity index (χ3v) is 2.62. The molecule has 0 spiro atoms. The van der Waals surface area contributed by atoms with E-state index in [4.69, 9.17) is 4.42 Å². The maximum absolute atomic E-state index is 11.8. The van der Waals surface area contributed by atoms with Crippen LogP contribution in [-0.2, 0) is 0 Å². The number of rotatable bonds is 4. The summed E-state index contributed by atoms with van der Waals surface area (Å²) in [5, 5.41) is 3.94. The topological polar surface area (TPSA) is 42.2 Å². The van der Waals surface area contributed by atoms with Crippen molar-refractivity contribution in [3.63, 3.8) is 0 Å². The highest BCUT2D eigenvalue weighted by molar-refractivity contribution is 5.98. The lowest BCUT2D eigenvalue weighted by atomic mass is 10.1. The lowest BCUT2D eigenvalue weighted by Gasteiger charge is -1.95. The van der Waals surface area contributed by atoms with Gasteiger partial charge in [-0.3, -0.25) is 4.79 Å². The molecule has 1 aromatic heterocycles. The molecule has 0 aliphatic rings. The van der Waals surface area contributed by atoms with Gasteiger partial charge in [-0.05, 0) is 25.6 Å². The number of carbonyl (C=O) groups excluding carboxylic acids is 1. The molecule has 2 rings (SSSR count). The van der Waals surface area contributed by atoms with Crippen LogP contribution >= 0.6 is 0 Å². The van der Waals surface area contributed by atoms with Gasteiger partial charge in [-0.25, -0.2) is 0 Å². The maximum atomic E-state index is 11.8. The zero-order valence-corrected chi connectivity index (χ0v) is 9.54. The predicted octanol–water partition coefficient (Wildman–Crippen LogP) is 2.53. The van der Waals surface area contributed by atoms with Gasteiger partial charge in [0.05, 0.1) is 0 Å². The molecular formula is C13H15NO2. The van der Waals surface area contributed by atoms with Crippen LogP contribution in [-0.4, -0.2) is 19.4 Å². The van der Waals surface area contributed by atoms with Crippen LogP contribution < -0.4 is 5.32 Å². The lowest BCUT2D eigenvalue weighted by Crippen LogP contribution is -2.12. The Morgan fingerprint density at radius 2 is 2.25 bits per heavy atom. The highest BCUT2D eigenvalue weighted by Crippen LogP contribution is 2.23. The summed E-state index contributed by atoms with van der Waals surface area (Å²) in [7, 11) is 1.83. The summed E-state index contributed by atoms with van der Waals surface area (Å²) in [4.78, 5) is 11.8. The molecule has 1 heterocycles. The number of nitrogens with one attached hydrogen (secondary N) is 1. The Kier molecular flexibility index (Phi) is 3.06. The highest BCUT2D eigenvalue weighted by Gasteiger charge is 2.12. The van der Waals surface area contributed by atoms with Crippen molar-refractivity contribution in [2.24, 2.45) is 0 Å². The number of hydrogen-bond donors (Lipinski definition) is 1. The molecule has 0 aliphatic carbocycles. The molecule has 3 nitrogen and oxygen atoms in total. The summed E-state index contributed by atoms with van der Waals surface area (Å²) in [6.45, 7) is 2.66. The predicted molar refractivity (Wildman–Crippen MR) is 63.8 cm³/mol. The molecule has 0 saturated carbocycles. The molecule has 1 N–H and O–H groups in total. The Morgan fingerprint density at radius 3 is 2.94 bits per heavy atom. The van der Waals surface area contributed by atoms with Gasteiger partial charge in [0.15, 0.2) is 11.5 Å². The fourth-order valence-corrected chi connectivity index (χ4v) is 1.71. The normalized spacial score (nSPS) is 10.9. The monoisotopic (exact) mass is 217 g/mol. The largest absolute Gasteiger partial charge is 0.453 e. The van der Waals surface area contributed by atoms with Crippen molar-refractivity contribution >= 4 is 16.8 Å².